The Morgan fingerprint density at radius 2 is 1.38 bits per heavy atom. The first-order valence-corrected chi connectivity index (χ1v) is 15.7. The van der Waals surface area contributed by atoms with E-state index in [1.165, 1.54) is 12.2 Å². The van der Waals surface area contributed by atoms with E-state index >= 15 is 0 Å². The van der Waals surface area contributed by atoms with Crippen molar-refractivity contribution in [3.63, 3.8) is 0 Å². The van der Waals surface area contributed by atoms with Crippen molar-refractivity contribution in [1.29, 1.82) is 0 Å². The molecule has 3 fully saturated rings. The number of amides is 7. The molecule has 0 saturated heterocycles. The fourth-order valence-corrected chi connectivity index (χ4v) is 5.89. The van der Waals surface area contributed by atoms with Crippen molar-refractivity contribution < 1.29 is 48.2 Å². The average Bonchev–Trinajstić information content (AvgIpc) is 3.34. The van der Waals surface area contributed by atoms with Gasteiger partial charge in [-0.3, -0.25) is 43.3 Å². The van der Waals surface area contributed by atoms with Crippen LogP contribution in [-0.4, -0.2) is 102 Å². The van der Waals surface area contributed by atoms with E-state index in [1.54, 1.807) is 30.3 Å². The van der Waals surface area contributed by atoms with Gasteiger partial charge in [0.25, 0.3) is 11.8 Å². The minimum atomic E-state index is -1.06. The van der Waals surface area contributed by atoms with Crippen molar-refractivity contribution in [2.75, 3.05) is 32.9 Å². The van der Waals surface area contributed by atoms with Crippen molar-refractivity contribution in [3.8, 4) is 0 Å². The predicted molar refractivity (Wildman–Crippen MR) is 166 cm³/mol. The molecule has 4 aliphatic rings. The normalized spacial score (nSPS) is 21.0. The molecule has 6 N–H and O–H groups in total. The van der Waals surface area contributed by atoms with E-state index in [-0.39, 0.29) is 56.9 Å². The van der Waals surface area contributed by atoms with Gasteiger partial charge in [-0.15, -0.1) is 0 Å². The number of carboxylic acids is 1. The third-order valence-electron chi connectivity index (χ3n) is 8.52. The molecule has 16 heteroatoms. The number of aliphatic carboxylic acids is 1. The lowest BCUT2D eigenvalue weighted by molar-refractivity contribution is -0.283. The molecule has 1 aromatic rings. The number of unbranched alkanes of at least 4 members (excludes halogenated alkanes) is 2. The molecule has 0 radical (unpaired) electrons. The van der Waals surface area contributed by atoms with Crippen LogP contribution in [0.25, 0.3) is 0 Å². The van der Waals surface area contributed by atoms with E-state index in [0.717, 1.165) is 10.5 Å². The molecular weight excluding hydrogens is 628 g/mol. The summed E-state index contributed by atoms with van der Waals surface area (Å²) >= 11 is 0. The molecule has 2 bridgehead atoms. The maximum absolute atomic E-state index is 13.0. The first-order chi connectivity index (χ1) is 22.9. The number of nitrogens with zero attached hydrogens (tertiary/aromatic N) is 1. The van der Waals surface area contributed by atoms with E-state index in [4.69, 9.17) is 4.74 Å². The molecule has 0 spiro atoms. The molecule has 1 atom stereocenters. The van der Waals surface area contributed by atoms with Crippen LogP contribution in [0.5, 0.6) is 0 Å². The monoisotopic (exact) mass is 668 g/mol. The molecule has 258 valence electrons. The standard InChI is InChI=1S/C32H40N6O10/c39-23(9-5-2-6-12-38-27(43)10-11-28(38)44)33-14-24(40)34-16-26(42)37-22(13-21-7-3-1-4-8-21)29(45)35-15-25(41)36-20-48-32-17-31(18-32,19-32)30(46)47/h1,3-4,7-8,10-11,22H,2,5-6,9,12-20H2,(H,33,39)(H,34,40)(H,35,45)(H,36,41)(H,37,42)(H,46,47)/t22-,31?,32?/m0/s1. The maximum Gasteiger partial charge on any atom is 0.309 e. The van der Waals surface area contributed by atoms with Gasteiger partial charge in [0, 0.05) is 31.5 Å². The number of carbonyl (C=O) groups excluding carboxylic acids is 7. The van der Waals surface area contributed by atoms with Crippen molar-refractivity contribution >= 4 is 47.3 Å². The highest BCUT2D eigenvalue weighted by atomic mass is 16.5. The summed E-state index contributed by atoms with van der Waals surface area (Å²) in [5.41, 5.74) is -0.465. The number of rotatable bonds is 20. The first-order valence-electron chi connectivity index (χ1n) is 15.7. The third-order valence-corrected chi connectivity index (χ3v) is 8.52. The maximum atomic E-state index is 13.0. The zero-order valence-electron chi connectivity index (χ0n) is 26.4. The zero-order chi connectivity index (χ0) is 34.7. The highest BCUT2D eigenvalue weighted by Gasteiger charge is 2.73. The van der Waals surface area contributed by atoms with Crippen molar-refractivity contribution in [2.24, 2.45) is 5.41 Å². The van der Waals surface area contributed by atoms with Crippen LogP contribution < -0.4 is 26.6 Å². The molecule has 5 rings (SSSR count). The minimum Gasteiger partial charge on any atom is -0.481 e. The predicted octanol–water partition coefficient (Wildman–Crippen LogP) is -1.35. The second-order valence-corrected chi connectivity index (χ2v) is 12.2. The molecule has 16 nitrogen and oxygen atoms in total. The van der Waals surface area contributed by atoms with Crippen LogP contribution in [0.2, 0.25) is 0 Å². The molecule has 48 heavy (non-hydrogen) atoms. The summed E-state index contributed by atoms with van der Waals surface area (Å²) in [6.07, 6.45) is 5.56. The summed E-state index contributed by atoms with van der Waals surface area (Å²) < 4.78 is 5.64. The zero-order valence-corrected chi connectivity index (χ0v) is 26.4. The molecule has 1 aromatic carbocycles. The van der Waals surface area contributed by atoms with E-state index in [9.17, 15) is 43.5 Å². The smallest absolute Gasteiger partial charge is 0.309 e. The Kier molecular flexibility index (Phi) is 12.0. The van der Waals surface area contributed by atoms with E-state index < -0.39 is 53.2 Å². The van der Waals surface area contributed by atoms with Gasteiger partial charge in [-0.05, 0) is 37.7 Å². The van der Waals surface area contributed by atoms with Crippen LogP contribution in [0.4, 0.5) is 0 Å². The Morgan fingerprint density at radius 3 is 2.04 bits per heavy atom. The summed E-state index contributed by atoms with van der Waals surface area (Å²) in [4.78, 5) is 97.6. The van der Waals surface area contributed by atoms with Crippen LogP contribution in [0.3, 0.4) is 0 Å². The Bertz CT molecular complexity index is 1420. The Hall–Kier alpha value is -5.12. The van der Waals surface area contributed by atoms with Crippen molar-refractivity contribution in [1.82, 2.24) is 31.5 Å². The van der Waals surface area contributed by atoms with Gasteiger partial charge in [0.2, 0.25) is 29.5 Å². The molecule has 3 saturated carbocycles. The summed E-state index contributed by atoms with van der Waals surface area (Å²) in [5, 5.41) is 21.6. The highest BCUT2D eigenvalue weighted by Crippen LogP contribution is 2.69. The van der Waals surface area contributed by atoms with E-state index in [0.29, 0.717) is 38.5 Å². The lowest BCUT2D eigenvalue weighted by Crippen LogP contribution is -2.71. The fraction of sp³-hybridized carbons (Fsp3) is 0.500. The Labute approximate surface area is 276 Å². The van der Waals surface area contributed by atoms with Crippen LogP contribution in [0, 0.1) is 5.41 Å². The van der Waals surface area contributed by atoms with Crippen LogP contribution >= 0.6 is 0 Å². The minimum absolute atomic E-state index is 0.114. The Morgan fingerprint density at radius 1 is 0.771 bits per heavy atom. The van der Waals surface area contributed by atoms with Gasteiger partial charge in [-0.2, -0.15) is 0 Å². The lowest BCUT2D eigenvalue weighted by Gasteiger charge is -2.66. The topological polar surface area (TPSA) is 229 Å². The molecule has 0 unspecified atom stereocenters. The van der Waals surface area contributed by atoms with Gasteiger partial charge < -0.3 is 36.4 Å². The van der Waals surface area contributed by atoms with Gasteiger partial charge in [0.1, 0.15) is 12.8 Å². The average molecular weight is 669 g/mol. The summed E-state index contributed by atoms with van der Waals surface area (Å²) in [5.74, 6) is -4.34. The number of ether oxygens (including phenoxy) is 1. The van der Waals surface area contributed by atoms with E-state index in [2.05, 4.69) is 26.6 Å². The molecule has 3 aliphatic carbocycles. The van der Waals surface area contributed by atoms with Gasteiger partial charge in [-0.1, -0.05) is 36.8 Å². The SMILES string of the molecule is O=C(CCCCCN1C(=O)C=CC1=O)NCC(=O)NCC(=O)N[C@@H](Cc1ccccc1)C(=O)NCC(=O)NCOC12CC(C(=O)O)(C1)C2. The summed E-state index contributed by atoms with van der Waals surface area (Å²) in [7, 11) is 0. The van der Waals surface area contributed by atoms with Gasteiger partial charge in [0.05, 0.1) is 30.7 Å². The lowest BCUT2D eigenvalue weighted by atomic mass is 9.41. The number of carboxylic acid groups (broad SMARTS) is 1. The number of imide groups is 1. The summed E-state index contributed by atoms with van der Waals surface area (Å²) in [6.45, 7) is -1.06. The van der Waals surface area contributed by atoms with Crippen LogP contribution in [0.15, 0.2) is 42.5 Å². The van der Waals surface area contributed by atoms with Crippen LogP contribution in [-0.2, 0) is 49.5 Å². The molecule has 7 amide bonds. The van der Waals surface area contributed by atoms with Crippen LogP contribution in [0.1, 0.15) is 50.5 Å². The number of hydrogen-bond donors (Lipinski definition) is 6. The van der Waals surface area contributed by atoms with E-state index in [1.807, 2.05) is 0 Å². The van der Waals surface area contributed by atoms with Gasteiger partial charge in [-0.25, -0.2) is 0 Å². The number of carbonyl (C=O) groups is 8. The highest BCUT2D eigenvalue weighted by molar-refractivity contribution is 6.12. The largest absolute Gasteiger partial charge is 0.481 e. The third kappa shape index (κ3) is 9.70. The quantitative estimate of drug-likeness (QED) is 0.0543. The molecule has 1 heterocycles. The summed E-state index contributed by atoms with van der Waals surface area (Å²) in [6, 6.07) is 7.82. The van der Waals surface area contributed by atoms with Crippen molar-refractivity contribution in [3.05, 3.63) is 48.0 Å². The van der Waals surface area contributed by atoms with Gasteiger partial charge >= 0.3 is 5.97 Å². The Balaban J connectivity index is 1.11. The molecule has 0 aromatic heterocycles. The number of nitrogens with one attached hydrogen (secondary N) is 5. The van der Waals surface area contributed by atoms with Crippen molar-refractivity contribution in [2.45, 2.75) is 63.0 Å². The second kappa shape index (κ2) is 16.1. The molecule has 1 aliphatic heterocycles. The number of hydrogen-bond acceptors (Lipinski definition) is 9. The first kappa shape index (κ1) is 35.7. The molecular formula is C32H40N6O10. The number of benzene rings is 1. The van der Waals surface area contributed by atoms with Gasteiger partial charge in [0.15, 0.2) is 0 Å². The fourth-order valence-electron chi connectivity index (χ4n) is 5.89. The second-order valence-electron chi connectivity index (χ2n) is 12.2.